The van der Waals surface area contributed by atoms with E-state index in [1.807, 2.05) is 26.0 Å². The first-order valence-corrected chi connectivity index (χ1v) is 2.59. The zero-order chi connectivity index (χ0) is 7.98. The number of halogens is 1. The largest absolute Gasteiger partial charge is 0.467 e. The molecule has 1 rings (SSSR count). The fraction of sp³-hybridized carbons (Fsp3) is 0.429. The van der Waals surface area contributed by atoms with Crippen LogP contribution >= 0.6 is 0 Å². The van der Waals surface area contributed by atoms with Gasteiger partial charge >= 0.3 is 0 Å². The van der Waals surface area contributed by atoms with Crippen molar-refractivity contribution < 1.29 is 10.2 Å². The van der Waals surface area contributed by atoms with Gasteiger partial charge < -0.3 is 4.42 Å². The van der Waals surface area contributed by atoms with E-state index in [-0.39, 0.29) is 0 Å². The van der Waals surface area contributed by atoms with Gasteiger partial charge in [0.25, 0.3) is 0 Å². The lowest BCUT2D eigenvalue weighted by molar-refractivity contribution is 0.504. The minimum atomic E-state index is -1.00. The summed E-state index contributed by atoms with van der Waals surface area (Å²) in [4.78, 5) is 0. The van der Waals surface area contributed by atoms with Crippen LogP contribution in [0.4, 0.5) is 4.39 Å². The zero-order valence-electron chi connectivity index (χ0n) is 6.65. The smallest absolute Gasteiger partial charge is 0.101 e. The Kier molecular flexibility index (Phi) is 2.90. The number of aryl methyl sites for hydroxylation is 2. The predicted molar refractivity (Wildman–Crippen MR) is 35.2 cm³/mol. The lowest BCUT2D eigenvalue weighted by Gasteiger charge is -1.76. The van der Waals surface area contributed by atoms with Gasteiger partial charge in [0.1, 0.15) is 11.5 Å². The molecule has 0 N–H and O–H groups in total. The van der Waals surface area contributed by atoms with Crippen LogP contribution in [0.5, 0.6) is 0 Å². The molecule has 0 radical (unpaired) electrons. The standard InChI is InChI=1S/C6H8O.CH3F/c1-5-3-4-6(2)7-5;1-2/h3-4H,1-2H3;1H3/i;1D. The van der Waals surface area contributed by atoms with Crippen LogP contribution < -0.4 is 0 Å². The van der Waals surface area contributed by atoms with Crippen LogP contribution in [0.2, 0.25) is 0 Å². The van der Waals surface area contributed by atoms with Crippen molar-refractivity contribution in [2.75, 3.05) is 7.15 Å². The molecule has 9 heavy (non-hydrogen) atoms. The van der Waals surface area contributed by atoms with Gasteiger partial charge in [-0.05, 0) is 26.0 Å². The Balaban J connectivity index is 0.000000236. The van der Waals surface area contributed by atoms with Gasteiger partial charge in [0.05, 0.1) is 8.52 Å². The van der Waals surface area contributed by atoms with E-state index >= 15 is 0 Å². The molecule has 0 fully saturated rings. The molecule has 52 valence electrons. The highest BCUT2D eigenvalue weighted by atomic mass is 19.1. The van der Waals surface area contributed by atoms with E-state index in [2.05, 4.69) is 0 Å². The van der Waals surface area contributed by atoms with Crippen LogP contribution in [0, 0.1) is 13.8 Å². The summed E-state index contributed by atoms with van der Waals surface area (Å²) in [5, 5.41) is 0. The molecule has 0 aliphatic rings. The average Bonchev–Trinajstić information content (AvgIpc) is 2.17. The Hall–Kier alpha value is -0.790. The zero-order valence-corrected chi connectivity index (χ0v) is 5.65. The molecular weight excluding hydrogens is 119 g/mol. The first-order valence-electron chi connectivity index (χ1n) is 3.29. The van der Waals surface area contributed by atoms with Crippen LogP contribution in [-0.4, -0.2) is 7.15 Å². The quantitative estimate of drug-likeness (QED) is 0.527. The van der Waals surface area contributed by atoms with Gasteiger partial charge in [0, 0.05) is 0 Å². The Bertz CT molecular complexity index is 157. The van der Waals surface area contributed by atoms with E-state index in [0.29, 0.717) is 0 Å². The topological polar surface area (TPSA) is 13.1 Å². The molecule has 0 aliphatic heterocycles. The van der Waals surface area contributed by atoms with Gasteiger partial charge in [-0.1, -0.05) is 0 Å². The number of rotatable bonds is 0. The van der Waals surface area contributed by atoms with Crippen molar-refractivity contribution >= 4 is 0 Å². The Labute approximate surface area is 55.9 Å². The molecule has 0 saturated carbocycles. The maximum absolute atomic E-state index is 9.96. The molecule has 0 aromatic carbocycles. The first-order chi connectivity index (χ1) is 4.70. The molecule has 0 saturated heterocycles. The normalized spacial score (nSPS) is 9.44. The third-order valence-corrected chi connectivity index (χ3v) is 0.875. The minimum Gasteiger partial charge on any atom is -0.467 e. The van der Waals surface area contributed by atoms with Gasteiger partial charge in [-0.15, -0.1) is 0 Å². The second-order valence-corrected chi connectivity index (χ2v) is 1.66. The summed E-state index contributed by atoms with van der Waals surface area (Å²) >= 11 is 0. The van der Waals surface area contributed by atoms with Crippen LogP contribution in [-0.2, 0) is 0 Å². The number of hydrogen-bond acceptors (Lipinski definition) is 1. The Morgan fingerprint density at radius 2 is 1.78 bits per heavy atom. The fourth-order valence-electron chi connectivity index (χ4n) is 0.557. The van der Waals surface area contributed by atoms with Crippen LogP contribution in [0.3, 0.4) is 0 Å². The summed E-state index contributed by atoms with van der Waals surface area (Å²) < 4.78 is 20.6. The van der Waals surface area contributed by atoms with Crippen molar-refractivity contribution in [2.45, 2.75) is 13.8 Å². The van der Waals surface area contributed by atoms with Crippen molar-refractivity contribution in [3.63, 3.8) is 0 Å². The molecule has 0 bridgehead atoms. The second-order valence-electron chi connectivity index (χ2n) is 1.66. The third kappa shape index (κ3) is 2.90. The van der Waals surface area contributed by atoms with Crippen LogP contribution in [0.25, 0.3) is 0 Å². The highest BCUT2D eigenvalue weighted by molar-refractivity contribution is 5.02. The molecule has 1 aromatic heterocycles. The average molecular weight is 131 g/mol. The second kappa shape index (κ2) is 4.13. The van der Waals surface area contributed by atoms with Gasteiger partial charge in [-0.25, -0.2) is 0 Å². The molecule has 1 aromatic rings. The van der Waals surface area contributed by atoms with Gasteiger partial charge in [0.15, 0.2) is 0 Å². The van der Waals surface area contributed by atoms with E-state index in [1.165, 1.54) is 0 Å². The summed E-state index contributed by atoms with van der Waals surface area (Å²) in [6.45, 7) is 3.88. The summed E-state index contributed by atoms with van der Waals surface area (Å²) in [6.07, 6.45) is 0. The van der Waals surface area contributed by atoms with Crippen molar-refractivity contribution in [1.29, 1.82) is 0 Å². The molecule has 0 aliphatic carbocycles. The van der Waals surface area contributed by atoms with E-state index in [1.54, 1.807) is 0 Å². The summed E-state index contributed by atoms with van der Waals surface area (Å²) in [7, 11) is -1.00. The third-order valence-electron chi connectivity index (χ3n) is 0.875. The number of alkyl halides is 1. The van der Waals surface area contributed by atoms with Crippen molar-refractivity contribution in [2.24, 2.45) is 0 Å². The number of furan rings is 1. The Morgan fingerprint density at radius 3 is 1.89 bits per heavy atom. The molecular formula is C7H11FO. The molecule has 2 heteroatoms. The predicted octanol–water partition coefficient (Wildman–Crippen LogP) is 2.48. The lowest BCUT2D eigenvalue weighted by Crippen LogP contribution is -1.53. The SMILES string of the molecule is Cc1ccc(C)o1.[2H]CF. The van der Waals surface area contributed by atoms with Crippen LogP contribution in [0.15, 0.2) is 16.5 Å². The van der Waals surface area contributed by atoms with Crippen molar-refractivity contribution in [1.82, 2.24) is 0 Å². The fourth-order valence-corrected chi connectivity index (χ4v) is 0.557. The molecule has 1 heterocycles. The van der Waals surface area contributed by atoms with Crippen LogP contribution in [0.1, 0.15) is 12.9 Å². The highest BCUT2D eigenvalue weighted by Gasteiger charge is 1.85. The monoisotopic (exact) mass is 131 g/mol. The molecule has 1 nitrogen and oxygen atoms in total. The highest BCUT2D eigenvalue weighted by Crippen LogP contribution is 2.02. The van der Waals surface area contributed by atoms with Crippen molar-refractivity contribution in [3.05, 3.63) is 23.7 Å². The summed E-state index contributed by atoms with van der Waals surface area (Å²) in [5.74, 6) is 1.97. The maximum Gasteiger partial charge on any atom is 0.101 e. The summed E-state index contributed by atoms with van der Waals surface area (Å²) in [5.41, 5.74) is 0. The van der Waals surface area contributed by atoms with E-state index < -0.39 is 7.15 Å². The minimum absolute atomic E-state index is 0.984. The number of hydrogen-bond donors (Lipinski definition) is 0. The van der Waals surface area contributed by atoms with E-state index in [9.17, 15) is 4.39 Å². The first kappa shape index (κ1) is 6.33. The molecule has 0 amide bonds. The lowest BCUT2D eigenvalue weighted by atomic mass is 10.5. The Morgan fingerprint density at radius 1 is 1.44 bits per heavy atom. The molecule has 0 unspecified atom stereocenters. The van der Waals surface area contributed by atoms with E-state index in [0.717, 1.165) is 11.5 Å². The van der Waals surface area contributed by atoms with E-state index in [4.69, 9.17) is 5.79 Å². The van der Waals surface area contributed by atoms with Crippen molar-refractivity contribution in [3.8, 4) is 0 Å². The van der Waals surface area contributed by atoms with Gasteiger partial charge in [-0.3, -0.25) is 4.39 Å². The molecule has 0 atom stereocenters. The van der Waals surface area contributed by atoms with Gasteiger partial charge in [-0.2, -0.15) is 0 Å². The summed E-state index contributed by atoms with van der Waals surface area (Å²) in [6, 6.07) is 3.91. The van der Waals surface area contributed by atoms with Gasteiger partial charge in [0.2, 0.25) is 0 Å². The molecule has 0 spiro atoms. The maximum atomic E-state index is 9.96.